The first-order chi connectivity index (χ1) is 5.42. The fourth-order valence-corrected chi connectivity index (χ4v) is 2.45. The zero-order valence-electron chi connectivity index (χ0n) is 7.29. The summed E-state index contributed by atoms with van der Waals surface area (Å²) in [6.45, 7) is 3.44. The number of fused-ring (bicyclic) bond motifs is 1. The molecule has 11 heavy (non-hydrogen) atoms. The van der Waals surface area contributed by atoms with Crippen LogP contribution in [0.15, 0.2) is 12.3 Å². The normalized spacial score (nSPS) is 35.9. The molecule has 1 nitrogen and oxygen atoms in total. The van der Waals surface area contributed by atoms with E-state index in [-0.39, 0.29) is 0 Å². The van der Waals surface area contributed by atoms with Gasteiger partial charge in [0.05, 0.1) is 0 Å². The maximum Gasteiger partial charge on any atom is 0.0347 e. The van der Waals surface area contributed by atoms with E-state index in [9.17, 15) is 0 Å². The minimum absolute atomic E-state index is 0.869. The third kappa shape index (κ3) is 1.17. The smallest absolute Gasteiger partial charge is 0.0347 e. The monoisotopic (exact) mass is 151 g/mol. The van der Waals surface area contributed by atoms with Crippen LogP contribution < -0.4 is 0 Å². The van der Waals surface area contributed by atoms with Crippen LogP contribution in [-0.4, -0.2) is 17.5 Å². The van der Waals surface area contributed by atoms with Crippen LogP contribution in [0.5, 0.6) is 0 Å². The number of rotatable bonds is 1. The lowest BCUT2D eigenvalue weighted by molar-refractivity contribution is 0.210. The molecule has 0 amide bonds. The highest BCUT2D eigenvalue weighted by molar-refractivity contribution is 5.05. The lowest BCUT2D eigenvalue weighted by Gasteiger charge is -2.32. The minimum atomic E-state index is 0.869. The first kappa shape index (κ1) is 7.20. The third-order valence-electron chi connectivity index (χ3n) is 3.10. The Kier molecular flexibility index (Phi) is 1.89. The topological polar surface area (TPSA) is 3.24 Å². The van der Waals surface area contributed by atoms with Crippen LogP contribution in [0.1, 0.15) is 32.6 Å². The Morgan fingerprint density at radius 1 is 1.36 bits per heavy atom. The number of hydrogen-bond donors (Lipinski definition) is 0. The van der Waals surface area contributed by atoms with Crippen molar-refractivity contribution >= 4 is 0 Å². The Bertz CT molecular complexity index is 154. The molecule has 0 aromatic rings. The quantitative estimate of drug-likeness (QED) is 0.556. The van der Waals surface area contributed by atoms with E-state index >= 15 is 0 Å². The molecule has 2 rings (SSSR count). The predicted molar refractivity (Wildman–Crippen MR) is 47.3 cm³/mol. The van der Waals surface area contributed by atoms with Gasteiger partial charge in [0.1, 0.15) is 0 Å². The summed E-state index contributed by atoms with van der Waals surface area (Å²) in [7, 11) is 0. The molecule has 0 radical (unpaired) electrons. The van der Waals surface area contributed by atoms with Crippen molar-refractivity contribution in [3.8, 4) is 0 Å². The van der Waals surface area contributed by atoms with Crippen molar-refractivity contribution in [2.45, 2.75) is 38.6 Å². The molecule has 1 aliphatic heterocycles. The van der Waals surface area contributed by atoms with E-state index in [1.54, 1.807) is 0 Å². The fraction of sp³-hybridized carbons (Fsp3) is 0.800. The molecule has 2 atom stereocenters. The maximum absolute atomic E-state index is 2.50. The molecule has 1 heteroatoms. The molecule has 2 unspecified atom stereocenters. The van der Waals surface area contributed by atoms with Crippen LogP contribution in [0.25, 0.3) is 0 Å². The lowest BCUT2D eigenvalue weighted by Crippen LogP contribution is -2.33. The summed E-state index contributed by atoms with van der Waals surface area (Å²) in [5.74, 6) is 0.892. The summed E-state index contributed by atoms with van der Waals surface area (Å²) in [6.07, 6.45) is 10.5. The molecular weight excluding hydrogens is 134 g/mol. The molecular formula is C10H17N. The van der Waals surface area contributed by atoms with Crippen molar-refractivity contribution in [2.24, 2.45) is 5.92 Å². The molecule has 0 aromatic heterocycles. The summed E-state index contributed by atoms with van der Waals surface area (Å²) in [4.78, 5) is 2.50. The van der Waals surface area contributed by atoms with Crippen LogP contribution in [-0.2, 0) is 0 Å². The highest BCUT2D eigenvalue weighted by atomic mass is 15.2. The summed E-state index contributed by atoms with van der Waals surface area (Å²) in [6, 6.07) is 0.869. The Morgan fingerprint density at radius 3 is 3.00 bits per heavy atom. The average molecular weight is 151 g/mol. The summed E-state index contributed by atoms with van der Waals surface area (Å²) >= 11 is 0. The van der Waals surface area contributed by atoms with E-state index in [0.29, 0.717) is 0 Å². The first-order valence-corrected chi connectivity index (χ1v) is 4.86. The van der Waals surface area contributed by atoms with Gasteiger partial charge in [0.15, 0.2) is 0 Å². The van der Waals surface area contributed by atoms with E-state index in [1.165, 1.54) is 32.2 Å². The van der Waals surface area contributed by atoms with Crippen LogP contribution in [0, 0.1) is 5.92 Å². The van der Waals surface area contributed by atoms with Crippen molar-refractivity contribution in [3.63, 3.8) is 0 Å². The molecule has 0 N–H and O–H groups in total. The molecule has 0 bridgehead atoms. The molecule has 1 aliphatic carbocycles. The van der Waals surface area contributed by atoms with Gasteiger partial charge in [-0.25, -0.2) is 0 Å². The van der Waals surface area contributed by atoms with Crippen LogP contribution in [0.3, 0.4) is 0 Å². The van der Waals surface area contributed by atoms with Crippen molar-refractivity contribution < 1.29 is 0 Å². The van der Waals surface area contributed by atoms with E-state index in [1.807, 2.05) is 0 Å². The zero-order chi connectivity index (χ0) is 7.68. The minimum Gasteiger partial charge on any atom is -0.374 e. The standard InChI is InChI=1S/C10H17N/c1-2-11-8-7-9-5-3-4-6-10(9)11/h7-10H,2-6H2,1H3. The lowest BCUT2D eigenvalue weighted by atomic mass is 9.86. The highest BCUT2D eigenvalue weighted by Gasteiger charge is 2.29. The van der Waals surface area contributed by atoms with Gasteiger partial charge in [-0.1, -0.05) is 18.9 Å². The summed E-state index contributed by atoms with van der Waals surface area (Å²) in [5.41, 5.74) is 0. The van der Waals surface area contributed by atoms with Crippen LogP contribution in [0.2, 0.25) is 0 Å². The molecule has 0 aromatic carbocycles. The average Bonchev–Trinajstić information content (AvgIpc) is 2.47. The molecule has 1 saturated carbocycles. The van der Waals surface area contributed by atoms with Gasteiger partial charge in [0.25, 0.3) is 0 Å². The van der Waals surface area contributed by atoms with Crippen molar-refractivity contribution in [3.05, 3.63) is 12.3 Å². The van der Waals surface area contributed by atoms with Crippen LogP contribution >= 0.6 is 0 Å². The second-order valence-electron chi connectivity index (χ2n) is 3.69. The van der Waals surface area contributed by atoms with Gasteiger partial charge in [-0.2, -0.15) is 0 Å². The molecule has 0 spiro atoms. The molecule has 1 heterocycles. The second kappa shape index (κ2) is 2.88. The molecule has 0 saturated heterocycles. The van der Waals surface area contributed by atoms with Gasteiger partial charge >= 0.3 is 0 Å². The van der Waals surface area contributed by atoms with Gasteiger partial charge in [0.2, 0.25) is 0 Å². The Balaban J connectivity index is 2.03. The van der Waals surface area contributed by atoms with Crippen molar-refractivity contribution in [1.82, 2.24) is 4.90 Å². The number of nitrogens with zero attached hydrogens (tertiary/aromatic N) is 1. The Labute approximate surface area is 69.1 Å². The van der Waals surface area contributed by atoms with E-state index < -0.39 is 0 Å². The molecule has 62 valence electrons. The van der Waals surface area contributed by atoms with E-state index in [0.717, 1.165) is 12.0 Å². The van der Waals surface area contributed by atoms with E-state index in [4.69, 9.17) is 0 Å². The third-order valence-corrected chi connectivity index (χ3v) is 3.10. The summed E-state index contributed by atoms with van der Waals surface area (Å²) in [5, 5.41) is 0. The number of hydrogen-bond acceptors (Lipinski definition) is 1. The Hall–Kier alpha value is -0.460. The van der Waals surface area contributed by atoms with Gasteiger partial charge < -0.3 is 4.90 Å². The fourth-order valence-electron chi connectivity index (χ4n) is 2.45. The molecule has 1 fully saturated rings. The highest BCUT2D eigenvalue weighted by Crippen LogP contribution is 2.33. The van der Waals surface area contributed by atoms with Gasteiger partial charge in [-0.15, -0.1) is 0 Å². The largest absolute Gasteiger partial charge is 0.374 e. The van der Waals surface area contributed by atoms with Crippen LogP contribution in [0.4, 0.5) is 0 Å². The first-order valence-electron chi connectivity index (χ1n) is 4.86. The van der Waals surface area contributed by atoms with Crippen molar-refractivity contribution in [2.75, 3.05) is 6.54 Å². The molecule has 2 aliphatic rings. The SMILES string of the molecule is CCN1C=CC2CCCCC21. The zero-order valence-corrected chi connectivity index (χ0v) is 7.29. The van der Waals surface area contributed by atoms with Gasteiger partial charge in [-0.3, -0.25) is 0 Å². The van der Waals surface area contributed by atoms with Gasteiger partial charge in [0, 0.05) is 12.6 Å². The van der Waals surface area contributed by atoms with E-state index in [2.05, 4.69) is 24.1 Å². The van der Waals surface area contributed by atoms with Gasteiger partial charge in [-0.05, 0) is 31.9 Å². The Morgan fingerprint density at radius 2 is 2.18 bits per heavy atom. The maximum atomic E-state index is 2.50. The summed E-state index contributed by atoms with van der Waals surface area (Å²) < 4.78 is 0. The predicted octanol–water partition coefficient (Wildman–Crippen LogP) is 2.39. The van der Waals surface area contributed by atoms with Crippen molar-refractivity contribution in [1.29, 1.82) is 0 Å². The second-order valence-corrected chi connectivity index (χ2v) is 3.69.